The first-order valence-corrected chi connectivity index (χ1v) is 9.18. The van der Waals surface area contributed by atoms with Crippen LogP contribution >= 0.6 is 0 Å². The molecule has 3 nitrogen and oxygen atoms in total. The number of hydrogen-bond donors (Lipinski definition) is 2. The van der Waals surface area contributed by atoms with Crippen molar-refractivity contribution in [1.82, 2.24) is 5.43 Å². The smallest absolute Gasteiger partial charge is 0.0792 e. The summed E-state index contributed by atoms with van der Waals surface area (Å²) >= 11 is 0. The third kappa shape index (κ3) is 11.1. The summed E-state index contributed by atoms with van der Waals surface area (Å²) in [7, 11) is 0. The van der Waals surface area contributed by atoms with Crippen LogP contribution in [0.1, 0.15) is 98.3 Å². The van der Waals surface area contributed by atoms with Gasteiger partial charge in [0.1, 0.15) is 0 Å². The molecule has 0 spiro atoms. The minimum atomic E-state index is -0.178. The standard InChI is InChI=1S/C18H40N2O/c1-5-7-8-9-10-11-12-13-14-15-16-17(20-19)18(3,4)21-6-2/h17,20H,5-16,19H2,1-4H3. The van der Waals surface area contributed by atoms with Crippen molar-refractivity contribution >= 4 is 0 Å². The van der Waals surface area contributed by atoms with E-state index in [0.29, 0.717) is 0 Å². The van der Waals surface area contributed by atoms with E-state index in [9.17, 15) is 0 Å². The summed E-state index contributed by atoms with van der Waals surface area (Å²) in [5.74, 6) is 5.68. The van der Waals surface area contributed by atoms with Crippen LogP contribution in [0.4, 0.5) is 0 Å². The first-order chi connectivity index (χ1) is 10.1. The van der Waals surface area contributed by atoms with E-state index in [4.69, 9.17) is 10.6 Å². The molecule has 0 bridgehead atoms. The lowest BCUT2D eigenvalue weighted by Gasteiger charge is -2.33. The molecule has 0 amide bonds. The molecule has 0 saturated heterocycles. The zero-order valence-corrected chi connectivity index (χ0v) is 15.0. The third-order valence-electron chi connectivity index (χ3n) is 4.40. The average Bonchev–Trinajstić information content (AvgIpc) is 2.44. The normalized spacial score (nSPS) is 13.6. The molecule has 1 unspecified atom stereocenters. The van der Waals surface area contributed by atoms with Gasteiger partial charge in [0.2, 0.25) is 0 Å². The number of hydrazine groups is 1. The molecule has 0 aliphatic rings. The molecule has 0 radical (unpaired) electrons. The summed E-state index contributed by atoms with van der Waals surface area (Å²) in [6.45, 7) is 9.30. The predicted molar refractivity (Wildman–Crippen MR) is 93.3 cm³/mol. The summed E-state index contributed by atoms with van der Waals surface area (Å²) in [5.41, 5.74) is 2.76. The molecule has 128 valence electrons. The van der Waals surface area contributed by atoms with E-state index >= 15 is 0 Å². The topological polar surface area (TPSA) is 47.3 Å². The van der Waals surface area contributed by atoms with Gasteiger partial charge in [-0.1, -0.05) is 71.1 Å². The van der Waals surface area contributed by atoms with Crippen molar-refractivity contribution in [2.24, 2.45) is 5.84 Å². The zero-order chi connectivity index (χ0) is 16.0. The Morgan fingerprint density at radius 2 is 1.33 bits per heavy atom. The Hall–Kier alpha value is -0.120. The molecule has 3 N–H and O–H groups in total. The monoisotopic (exact) mass is 300 g/mol. The van der Waals surface area contributed by atoms with Gasteiger partial charge in [0.15, 0.2) is 0 Å². The van der Waals surface area contributed by atoms with Crippen LogP contribution in [0.5, 0.6) is 0 Å². The van der Waals surface area contributed by atoms with Gasteiger partial charge in [-0.3, -0.25) is 11.3 Å². The molecule has 0 aromatic heterocycles. The number of nitrogens with one attached hydrogen (secondary N) is 1. The number of unbranched alkanes of at least 4 members (excludes halogenated alkanes) is 9. The molecular formula is C18H40N2O. The lowest BCUT2D eigenvalue weighted by molar-refractivity contribution is -0.0406. The second-order valence-corrected chi connectivity index (χ2v) is 6.73. The number of rotatable bonds is 15. The van der Waals surface area contributed by atoms with Gasteiger partial charge in [0.25, 0.3) is 0 Å². The molecule has 21 heavy (non-hydrogen) atoms. The summed E-state index contributed by atoms with van der Waals surface area (Å²) in [5, 5.41) is 0. The molecule has 0 saturated carbocycles. The van der Waals surface area contributed by atoms with Crippen molar-refractivity contribution in [3.05, 3.63) is 0 Å². The van der Waals surface area contributed by atoms with Crippen LogP contribution in [0.3, 0.4) is 0 Å². The fourth-order valence-corrected chi connectivity index (χ4v) is 2.94. The lowest BCUT2D eigenvalue weighted by Crippen LogP contribution is -2.51. The summed E-state index contributed by atoms with van der Waals surface area (Å²) in [6, 6.07) is 0.242. The number of hydrogen-bond acceptors (Lipinski definition) is 3. The van der Waals surface area contributed by atoms with Gasteiger partial charge in [-0.25, -0.2) is 0 Å². The van der Waals surface area contributed by atoms with E-state index in [1.54, 1.807) is 0 Å². The fourth-order valence-electron chi connectivity index (χ4n) is 2.94. The molecular weight excluding hydrogens is 260 g/mol. The fraction of sp³-hybridized carbons (Fsp3) is 1.00. The second kappa shape index (κ2) is 13.5. The summed E-state index contributed by atoms with van der Waals surface area (Å²) in [4.78, 5) is 0. The SMILES string of the molecule is CCCCCCCCCCCCC(NN)C(C)(C)OCC. The Bertz CT molecular complexity index is 219. The van der Waals surface area contributed by atoms with Crippen LogP contribution in [0.15, 0.2) is 0 Å². The Morgan fingerprint density at radius 1 is 0.857 bits per heavy atom. The van der Waals surface area contributed by atoms with E-state index in [1.165, 1.54) is 64.2 Å². The Kier molecular flexibility index (Phi) is 13.5. The van der Waals surface area contributed by atoms with E-state index in [0.717, 1.165) is 13.0 Å². The zero-order valence-electron chi connectivity index (χ0n) is 15.0. The van der Waals surface area contributed by atoms with Crippen molar-refractivity contribution in [2.45, 2.75) is 110 Å². The van der Waals surface area contributed by atoms with Crippen molar-refractivity contribution in [2.75, 3.05) is 6.61 Å². The second-order valence-electron chi connectivity index (χ2n) is 6.73. The maximum Gasteiger partial charge on any atom is 0.0792 e. The van der Waals surface area contributed by atoms with Crippen LogP contribution in [0, 0.1) is 0 Å². The van der Waals surface area contributed by atoms with Gasteiger partial charge >= 0.3 is 0 Å². The Balaban J connectivity index is 3.52. The van der Waals surface area contributed by atoms with Crippen LogP contribution in [-0.4, -0.2) is 18.2 Å². The van der Waals surface area contributed by atoms with Crippen molar-refractivity contribution < 1.29 is 4.74 Å². The quantitative estimate of drug-likeness (QED) is 0.256. The molecule has 0 rings (SSSR count). The van der Waals surface area contributed by atoms with E-state index in [-0.39, 0.29) is 11.6 Å². The molecule has 0 fully saturated rings. The molecule has 0 aliphatic carbocycles. The maximum absolute atomic E-state index is 5.78. The van der Waals surface area contributed by atoms with Crippen molar-refractivity contribution in [1.29, 1.82) is 0 Å². The molecule has 0 aromatic carbocycles. The number of ether oxygens (including phenoxy) is 1. The molecule has 0 aromatic rings. The minimum Gasteiger partial charge on any atom is -0.374 e. The third-order valence-corrected chi connectivity index (χ3v) is 4.40. The van der Waals surface area contributed by atoms with E-state index in [2.05, 4.69) is 26.2 Å². The first-order valence-electron chi connectivity index (χ1n) is 9.18. The molecule has 0 aliphatic heterocycles. The van der Waals surface area contributed by atoms with Crippen LogP contribution in [-0.2, 0) is 4.74 Å². The Morgan fingerprint density at radius 3 is 1.76 bits per heavy atom. The van der Waals surface area contributed by atoms with Gasteiger partial charge in [0, 0.05) is 12.6 Å². The largest absolute Gasteiger partial charge is 0.374 e. The van der Waals surface area contributed by atoms with Gasteiger partial charge in [-0.05, 0) is 27.2 Å². The van der Waals surface area contributed by atoms with E-state index < -0.39 is 0 Å². The van der Waals surface area contributed by atoms with Crippen molar-refractivity contribution in [3.63, 3.8) is 0 Å². The van der Waals surface area contributed by atoms with Gasteiger partial charge in [0.05, 0.1) is 5.60 Å². The van der Waals surface area contributed by atoms with Gasteiger partial charge < -0.3 is 4.74 Å². The van der Waals surface area contributed by atoms with Crippen LogP contribution in [0.25, 0.3) is 0 Å². The minimum absolute atomic E-state index is 0.178. The maximum atomic E-state index is 5.78. The molecule has 3 heteroatoms. The van der Waals surface area contributed by atoms with Gasteiger partial charge in [-0.15, -0.1) is 0 Å². The van der Waals surface area contributed by atoms with Crippen molar-refractivity contribution in [3.8, 4) is 0 Å². The summed E-state index contributed by atoms with van der Waals surface area (Å²) < 4.78 is 5.78. The molecule has 1 atom stereocenters. The highest BCUT2D eigenvalue weighted by atomic mass is 16.5. The van der Waals surface area contributed by atoms with Gasteiger partial charge in [-0.2, -0.15) is 0 Å². The summed E-state index contributed by atoms with van der Waals surface area (Å²) in [6.07, 6.45) is 14.8. The lowest BCUT2D eigenvalue weighted by atomic mass is 9.93. The number of nitrogens with two attached hydrogens (primary N) is 1. The molecule has 0 heterocycles. The average molecular weight is 301 g/mol. The highest BCUT2D eigenvalue weighted by molar-refractivity contribution is 4.83. The van der Waals surface area contributed by atoms with Crippen LogP contribution in [0.2, 0.25) is 0 Å². The predicted octanol–water partition coefficient (Wildman–Crippen LogP) is 4.94. The first kappa shape index (κ1) is 20.9. The van der Waals surface area contributed by atoms with E-state index in [1.807, 2.05) is 6.92 Å². The highest BCUT2D eigenvalue weighted by Gasteiger charge is 2.28. The van der Waals surface area contributed by atoms with Crippen LogP contribution < -0.4 is 11.3 Å². The highest BCUT2D eigenvalue weighted by Crippen LogP contribution is 2.20. The Labute approximate surface area is 133 Å².